The van der Waals surface area contributed by atoms with Gasteiger partial charge in [-0.3, -0.25) is 4.79 Å². The molecule has 0 saturated heterocycles. The quantitative estimate of drug-likeness (QED) is 0.779. The van der Waals surface area contributed by atoms with Crippen LogP contribution in [0.25, 0.3) is 0 Å². The number of ether oxygens (including phenoxy) is 1. The molecule has 0 N–H and O–H groups in total. The zero-order valence-corrected chi connectivity index (χ0v) is 9.35. The summed E-state index contributed by atoms with van der Waals surface area (Å²) in [4.78, 5) is 11.5. The Kier molecular flexibility index (Phi) is 2.41. The van der Waals surface area contributed by atoms with Crippen LogP contribution in [0.3, 0.4) is 0 Å². The summed E-state index contributed by atoms with van der Waals surface area (Å²) in [5, 5.41) is 0. The highest BCUT2D eigenvalue weighted by atomic mass is 16.5. The van der Waals surface area contributed by atoms with Gasteiger partial charge in [0.25, 0.3) is 0 Å². The molecule has 1 aliphatic carbocycles. The maximum absolute atomic E-state index is 11.5. The van der Waals surface area contributed by atoms with E-state index in [9.17, 15) is 4.79 Å². The molecule has 0 aliphatic heterocycles. The van der Waals surface area contributed by atoms with E-state index in [1.807, 2.05) is 48.5 Å². The average molecular weight is 224 g/mol. The molecular formula is C15H12O2. The predicted octanol–water partition coefficient (Wildman–Crippen LogP) is 3.61. The Balaban J connectivity index is 1.88. The Labute approximate surface area is 99.9 Å². The van der Waals surface area contributed by atoms with Gasteiger partial charge in [0.05, 0.1) is 0 Å². The Morgan fingerprint density at radius 1 is 0.882 bits per heavy atom. The molecule has 84 valence electrons. The Morgan fingerprint density at radius 3 is 2.53 bits per heavy atom. The topological polar surface area (TPSA) is 26.3 Å². The third-order valence-corrected chi connectivity index (χ3v) is 2.98. The van der Waals surface area contributed by atoms with E-state index in [0.29, 0.717) is 6.42 Å². The molecule has 3 rings (SSSR count). The van der Waals surface area contributed by atoms with E-state index in [4.69, 9.17) is 4.74 Å². The van der Waals surface area contributed by atoms with Crippen LogP contribution in [0.5, 0.6) is 11.5 Å². The largest absolute Gasteiger partial charge is 0.457 e. The first-order valence-corrected chi connectivity index (χ1v) is 5.72. The molecule has 0 amide bonds. The lowest BCUT2D eigenvalue weighted by Crippen LogP contribution is -1.91. The van der Waals surface area contributed by atoms with Gasteiger partial charge >= 0.3 is 0 Å². The van der Waals surface area contributed by atoms with E-state index in [0.717, 1.165) is 29.0 Å². The second kappa shape index (κ2) is 4.06. The monoisotopic (exact) mass is 224 g/mol. The summed E-state index contributed by atoms with van der Waals surface area (Å²) in [6, 6.07) is 15.3. The minimum Gasteiger partial charge on any atom is -0.457 e. The molecule has 17 heavy (non-hydrogen) atoms. The number of ketones is 1. The SMILES string of the molecule is O=C1CCc2cc(Oc3ccccc3)ccc21. The molecule has 0 bridgehead atoms. The smallest absolute Gasteiger partial charge is 0.163 e. The molecule has 0 unspecified atom stereocenters. The van der Waals surface area contributed by atoms with E-state index in [1.165, 1.54) is 0 Å². The van der Waals surface area contributed by atoms with E-state index in [1.54, 1.807) is 0 Å². The van der Waals surface area contributed by atoms with Crippen LogP contribution in [-0.4, -0.2) is 5.78 Å². The number of carbonyl (C=O) groups is 1. The van der Waals surface area contributed by atoms with Gasteiger partial charge in [0.1, 0.15) is 11.5 Å². The van der Waals surface area contributed by atoms with Crippen molar-refractivity contribution in [1.29, 1.82) is 0 Å². The average Bonchev–Trinajstić information content (AvgIpc) is 2.72. The molecule has 0 aromatic heterocycles. The van der Waals surface area contributed by atoms with Crippen LogP contribution in [0.4, 0.5) is 0 Å². The molecule has 2 aromatic carbocycles. The standard InChI is InChI=1S/C15H12O2/c16-15-9-6-11-10-13(7-8-14(11)15)17-12-4-2-1-3-5-12/h1-5,7-8,10H,6,9H2. The molecule has 2 heteroatoms. The summed E-state index contributed by atoms with van der Waals surface area (Å²) in [6.07, 6.45) is 1.46. The van der Waals surface area contributed by atoms with Gasteiger partial charge in [0.2, 0.25) is 0 Å². The van der Waals surface area contributed by atoms with Gasteiger partial charge in [-0.15, -0.1) is 0 Å². The van der Waals surface area contributed by atoms with Gasteiger partial charge in [-0.05, 0) is 42.3 Å². The Bertz CT molecular complexity index is 558. The van der Waals surface area contributed by atoms with Crippen LogP contribution in [0.2, 0.25) is 0 Å². The third-order valence-electron chi connectivity index (χ3n) is 2.98. The molecule has 1 aliphatic rings. The second-order valence-electron chi connectivity index (χ2n) is 4.16. The van der Waals surface area contributed by atoms with E-state index >= 15 is 0 Å². The van der Waals surface area contributed by atoms with Crippen LogP contribution in [0, 0.1) is 0 Å². The third kappa shape index (κ3) is 1.94. The predicted molar refractivity (Wildman–Crippen MR) is 65.6 cm³/mol. The summed E-state index contributed by atoms with van der Waals surface area (Å²) in [7, 11) is 0. The first-order valence-electron chi connectivity index (χ1n) is 5.72. The minimum absolute atomic E-state index is 0.242. The van der Waals surface area contributed by atoms with Gasteiger partial charge in [-0.1, -0.05) is 18.2 Å². The molecule has 0 spiro atoms. The number of carbonyl (C=O) groups excluding carboxylic acids is 1. The van der Waals surface area contributed by atoms with Crippen molar-refractivity contribution >= 4 is 5.78 Å². The van der Waals surface area contributed by atoms with Crippen molar-refractivity contribution in [2.24, 2.45) is 0 Å². The summed E-state index contributed by atoms with van der Waals surface area (Å²) < 4.78 is 5.73. The maximum atomic E-state index is 11.5. The molecule has 0 saturated carbocycles. The summed E-state index contributed by atoms with van der Waals surface area (Å²) in [6.45, 7) is 0. The van der Waals surface area contributed by atoms with Crippen LogP contribution in [-0.2, 0) is 6.42 Å². The van der Waals surface area contributed by atoms with Crippen molar-refractivity contribution in [3.8, 4) is 11.5 Å². The zero-order valence-electron chi connectivity index (χ0n) is 9.35. The van der Waals surface area contributed by atoms with Crippen LogP contribution in [0.15, 0.2) is 48.5 Å². The number of benzene rings is 2. The zero-order chi connectivity index (χ0) is 11.7. The van der Waals surface area contributed by atoms with Crippen molar-refractivity contribution in [2.75, 3.05) is 0 Å². The lowest BCUT2D eigenvalue weighted by atomic mass is 10.1. The van der Waals surface area contributed by atoms with Crippen molar-refractivity contribution in [2.45, 2.75) is 12.8 Å². The summed E-state index contributed by atoms with van der Waals surface area (Å²) >= 11 is 0. The number of rotatable bonds is 2. The first-order chi connectivity index (χ1) is 8.33. The highest BCUT2D eigenvalue weighted by Gasteiger charge is 2.19. The van der Waals surface area contributed by atoms with Crippen molar-refractivity contribution in [3.05, 3.63) is 59.7 Å². The molecule has 0 heterocycles. The number of hydrogen-bond donors (Lipinski definition) is 0. The van der Waals surface area contributed by atoms with E-state index < -0.39 is 0 Å². The summed E-state index contributed by atoms with van der Waals surface area (Å²) in [5.74, 6) is 1.85. The van der Waals surface area contributed by atoms with Gasteiger partial charge < -0.3 is 4.74 Å². The van der Waals surface area contributed by atoms with Crippen LogP contribution in [0.1, 0.15) is 22.3 Å². The number of aryl methyl sites for hydroxylation is 1. The summed E-state index contributed by atoms with van der Waals surface area (Å²) in [5.41, 5.74) is 1.95. The molecule has 0 atom stereocenters. The van der Waals surface area contributed by atoms with Gasteiger partial charge in [-0.2, -0.15) is 0 Å². The lowest BCUT2D eigenvalue weighted by molar-refractivity contribution is 0.0994. The number of Topliss-reactive ketones (excluding diaryl/α,β-unsaturated/α-hetero) is 1. The fourth-order valence-corrected chi connectivity index (χ4v) is 2.12. The number of fused-ring (bicyclic) bond motifs is 1. The van der Waals surface area contributed by atoms with Crippen molar-refractivity contribution in [3.63, 3.8) is 0 Å². The van der Waals surface area contributed by atoms with Crippen molar-refractivity contribution < 1.29 is 9.53 Å². The van der Waals surface area contributed by atoms with Crippen LogP contribution < -0.4 is 4.74 Å². The molecule has 0 fully saturated rings. The van der Waals surface area contributed by atoms with Crippen LogP contribution >= 0.6 is 0 Å². The molecule has 2 nitrogen and oxygen atoms in total. The van der Waals surface area contributed by atoms with Gasteiger partial charge in [0, 0.05) is 12.0 Å². The fourth-order valence-electron chi connectivity index (χ4n) is 2.12. The lowest BCUT2D eigenvalue weighted by Gasteiger charge is -2.06. The molecule has 2 aromatic rings. The van der Waals surface area contributed by atoms with E-state index in [-0.39, 0.29) is 5.78 Å². The highest BCUT2D eigenvalue weighted by Crippen LogP contribution is 2.28. The molecular weight excluding hydrogens is 212 g/mol. The number of para-hydroxylation sites is 1. The minimum atomic E-state index is 0.242. The van der Waals surface area contributed by atoms with Gasteiger partial charge in [0.15, 0.2) is 5.78 Å². The Morgan fingerprint density at radius 2 is 1.71 bits per heavy atom. The fraction of sp³-hybridized carbons (Fsp3) is 0.133. The first kappa shape index (κ1) is 10.1. The number of hydrogen-bond acceptors (Lipinski definition) is 2. The normalized spacial score (nSPS) is 13.5. The van der Waals surface area contributed by atoms with Gasteiger partial charge in [-0.25, -0.2) is 0 Å². The van der Waals surface area contributed by atoms with E-state index in [2.05, 4.69) is 0 Å². The Hall–Kier alpha value is -2.09. The van der Waals surface area contributed by atoms with Crippen molar-refractivity contribution in [1.82, 2.24) is 0 Å². The maximum Gasteiger partial charge on any atom is 0.163 e. The molecule has 0 radical (unpaired) electrons. The second-order valence-corrected chi connectivity index (χ2v) is 4.16. The highest BCUT2D eigenvalue weighted by molar-refractivity contribution is 6.00.